The summed E-state index contributed by atoms with van der Waals surface area (Å²) < 4.78 is 16.5. The zero-order valence-electron chi connectivity index (χ0n) is 16.2. The first-order valence-corrected chi connectivity index (χ1v) is 9.95. The number of esters is 1. The quantitative estimate of drug-likeness (QED) is 0.699. The average Bonchev–Trinajstić information content (AvgIpc) is 3.08. The fourth-order valence-electron chi connectivity index (χ4n) is 3.52. The Morgan fingerprint density at radius 3 is 2.72 bits per heavy atom. The van der Waals surface area contributed by atoms with Crippen molar-refractivity contribution in [2.24, 2.45) is 5.92 Å². The van der Waals surface area contributed by atoms with Crippen LogP contribution in [-0.4, -0.2) is 36.5 Å². The number of halogens is 1. The molecule has 4 rings (SSSR count). The van der Waals surface area contributed by atoms with Gasteiger partial charge in [-0.25, -0.2) is 0 Å². The third-order valence-electron chi connectivity index (χ3n) is 5.08. The number of nitrogens with zero attached hydrogens (tertiary/aromatic N) is 1. The molecule has 1 amide bonds. The number of aryl methyl sites for hydroxylation is 1. The Kier molecular flexibility index (Phi) is 5.62. The van der Waals surface area contributed by atoms with Crippen LogP contribution in [0.1, 0.15) is 23.1 Å². The topological polar surface area (TPSA) is 65.1 Å². The van der Waals surface area contributed by atoms with Crippen molar-refractivity contribution >= 4 is 23.5 Å². The minimum absolute atomic E-state index is 0.0325. The van der Waals surface area contributed by atoms with E-state index in [1.165, 1.54) is 5.56 Å². The lowest BCUT2D eigenvalue weighted by Gasteiger charge is -2.20. The Balaban J connectivity index is 1.34. The first kappa shape index (κ1) is 19.6. The summed E-state index contributed by atoms with van der Waals surface area (Å²) in [6.07, 6.45) is 0.173. The largest absolute Gasteiger partial charge is 0.486 e. The summed E-state index contributed by atoms with van der Waals surface area (Å²) in [5, 5.41) is 0.425. The normalized spacial score (nSPS) is 18.1. The van der Waals surface area contributed by atoms with Crippen LogP contribution < -0.4 is 9.47 Å². The number of ether oxygens (including phenoxy) is 3. The molecule has 0 saturated carbocycles. The van der Waals surface area contributed by atoms with Gasteiger partial charge in [0.15, 0.2) is 11.5 Å². The highest BCUT2D eigenvalue weighted by molar-refractivity contribution is 6.32. The maximum absolute atomic E-state index is 12.5. The van der Waals surface area contributed by atoms with E-state index in [4.69, 9.17) is 25.8 Å². The van der Waals surface area contributed by atoms with Gasteiger partial charge in [0.2, 0.25) is 5.91 Å². The number of carbonyl (C=O) groups excluding carboxylic acids is 2. The van der Waals surface area contributed by atoms with Crippen molar-refractivity contribution in [3.63, 3.8) is 0 Å². The third-order valence-corrected chi connectivity index (χ3v) is 5.36. The summed E-state index contributed by atoms with van der Waals surface area (Å²) in [6.45, 7) is 3.86. The van der Waals surface area contributed by atoms with E-state index in [-0.39, 0.29) is 24.9 Å². The molecule has 1 saturated heterocycles. The highest BCUT2D eigenvalue weighted by atomic mass is 35.5. The number of fused-ring (bicyclic) bond motifs is 1. The van der Waals surface area contributed by atoms with Gasteiger partial charge < -0.3 is 19.1 Å². The number of hydrogen-bond donors (Lipinski definition) is 0. The first-order chi connectivity index (χ1) is 14.0. The van der Waals surface area contributed by atoms with Gasteiger partial charge in [0.05, 0.1) is 10.9 Å². The molecule has 2 heterocycles. The van der Waals surface area contributed by atoms with Crippen molar-refractivity contribution < 1.29 is 23.8 Å². The van der Waals surface area contributed by atoms with Gasteiger partial charge in [-0.1, -0.05) is 41.4 Å². The summed E-state index contributed by atoms with van der Waals surface area (Å²) >= 11 is 6.22. The maximum Gasteiger partial charge on any atom is 0.311 e. The molecule has 0 aromatic heterocycles. The van der Waals surface area contributed by atoms with E-state index in [1.807, 2.05) is 31.2 Å². The fourth-order valence-corrected chi connectivity index (χ4v) is 3.80. The van der Waals surface area contributed by atoms with Crippen LogP contribution in [0, 0.1) is 12.8 Å². The molecule has 0 spiro atoms. The highest BCUT2D eigenvalue weighted by Gasteiger charge is 2.35. The Morgan fingerprint density at radius 2 is 1.93 bits per heavy atom. The van der Waals surface area contributed by atoms with Crippen molar-refractivity contribution in [1.29, 1.82) is 0 Å². The third kappa shape index (κ3) is 4.48. The van der Waals surface area contributed by atoms with Crippen LogP contribution in [0.4, 0.5) is 0 Å². The molecule has 0 N–H and O–H groups in total. The number of benzene rings is 2. The number of hydrogen-bond acceptors (Lipinski definition) is 5. The molecule has 0 aliphatic carbocycles. The second kappa shape index (κ2) is 8.33. The van der Waals surface area contributed by atoms with E-state index < -0.39 is 5.92 Å². The molecule has 6 nitrogen and oxygen atoms in total. The Labute approximate surface area is 174 Å². The SMILES string of the molecule is Cc1ccc(CN2C[C@@H](C(=O)OCc3cc(Cl)c4c(c3)OCCO4)CC2=O)cc1. The molecule has 0 unspecified atom stereocenters. The van der Waals surface area contributed by atoms with Gasteiger partial charge >= 0.3 is 5.97 Å². The van der Waals surface area contributed by atoms with E-state index in [0.717, 1.165) is 5.56 Å². The zero-order chi connectivity index (χ0) is 20.4. The molecule has 29 heavy (non-hydrogen) atoms. The molecule has 152 valence electrons. The minimum Gasteiger partial charge on any atom is -0.486 e. The van der Waals surface area contributed by atoms with Crippen LogP contribution in [0.2, 0.25) is 5.02 Å². The van der Waals surface area contributed by atoms with Crippen LogP contribution >= 0.6 is 11.6 Å². The second-order valence-corrected chi connectivity index (χ2v) is 7.78. The van der Waals surface area contributed by atoms with Crippen LogP contribution in [0.25, 0.3) is 0 Å². The summed E-state index contributed by atoms with van der Waals surface area (Å²) in [5.41, 5.74) is 2.93. The lowest BCUT2D eigenvalue weighted by molar-refractivity contribution is -0.149. The molecule has 2 aliphatic rings. The molecule has 0 radical (unpaired) electrons. The molecular formula is C22H22ClNO5. The number of rotatable bonds is 5. The highest BCUT2D eigenvalue weighted by Crippen LogP contribution is 2.38. The van der Waals surface area contributed by atoms with Crippen molar-refractivity contribution in [3.8, 4) is 11.5 Å². The van der Waals surface area contributed by atoms with Crippen molar-refractivity contribution in [3.05, 3.63) is 58.1 Å². The second-order valence-electron chi connectivity index (χ2n) is 7.37. The van der Waals surface area contributed by atoms with Crippen LogP contribution in [0.5, 0.6) is 11.5 Å². The van der Waals surface area contributed by atoms with Crippen LogP contribution in [0.3, 0.4) is 0 Å². The predicted octanol–water partition coefficient (Wildman–Crippen LogP) is 3.51. The number of likely N-dealkylation sites (tertiary alicyclic amines) is 1. The van der Waals surface area contributed by atoms with Crippen LogP contribution in [0.15, 0.2) is 36.4 Å². The van der Waals surface area contributed by atoms with E-state index in [1.54, 1.807) is 17.0 Å². The maximum atomic E-state index is 12.5. The van der Waals surface area contributed by atoms with Crippen LogP contribution in [-0.2, 0) is 27.5 Å². The molecular weight excluding hydrogens is 394 g/mol. The lowest BCUT2D eigenvalue weighted by Crippen LogP contribution is -2.26. The van der Waals surface area contributed by atoms with E-state index >= 15 is 0 Å². The first-order valence-electron chi connectivity index (χ1n) is 9.57. The number of carbonyl (C=O) groups is 2. The van der Waals surface area contributed by atoms with E-state index in [2.05, 4.69) is 0 Å². The molecule has 2 aromatic rings. The predicted molar refractivity (Wildman–Crippen MR) is 107 cm³/mol. The molecule has 7 heteroatoms. The van der Waals surface area contributed by atoms with E-state index in [9.17, 15) is 9.59 Å². The summed E-state index contributed by atoms with van der Waals surface area (Å²) in [7, 11) is 0. The molecule has 0 bridgehead atoms. The number of amides is 1. The Hall–Kier alpha value is -2.73. The monoisotopic (exact) mass is 415 g/mol. The fraction of sp³-hybridized carbons (Fsp3) is 0.364. The molecule has 2 aliphatic heterocycles. The average molecular weight is 416 g/mol. The minimum atomic E-state index is -0.458. The van der Waals surface area contributed by atoms with Gasteiger partial charge in [-0.2, -0.15) is 0 Å². The van der Waals surface area contributed by atoms with Gasteiger partial charge in [0.25, 0.3) is 0 Å². The molecule has 1 fully saturated rings. The smallest absolute Gasteiger partial charge is 0.311 e. The molecule has 2 aromatic carbocycles. The van der Waals surface area contributed by atoms with Gasteiger partial charge in [0.1, 0.15) is 19.8 Å². The van der Waals surface area contributed by atoms with Gasteiger partial charge in [-0.05, 0) is 30.2 Å². The standard InChI is InChI=1S/C22H22ClNO5/c1-14-2-4-15(5-3-14)11-24-12-17(10-20(24)25)22(26)29-13-16-8-18(23)21-19(9-16)27-6-7-28-21/h2-5,8-9,17H,6-7,10-13H2,1H3/t17-/m0/s1. The lowest BCUT2D eigenvalue weighted by atomic mass is 10.1. The van der Waals surface area contributed by atoms with E-state index in [0.29, 0.717) is 48.4 Å². The Bertz CT molecular complexity index is 928. The van der Waals surface area contributed by atoms with Gasteiger partial charge in [0, 0.05) is 19.5 Å². The van der Waals surface area contributed by atoms with Crippen molar-refractivity contribution in [2.75, 3.05) is 19.8 Å². The summed E-state index contributed by atoms with van der Waals surface area (Å²) in [4.78, 5) is 26.5. The summed E-state index contributed by atoms with van der Waals surface area (Å²) in [6, 6.07) is 11.5. The summed E-state index contributed by atoms with van der Waals surface area (Å²) in [5.74, 6) is 0.197. The van der Waals surface area contributed by atoms with Gasteiger partial charge in [-0.3, -0.25) is 9.59 Å². The van der Waals surface area contributed by atoms with Gasteiger partial charge in [-0.15, -0.1) is 0 Å². The zero-order valence-corrected chi connectivity index (χ0v) is 16.9. The Morgan fingerprint density at radius 1 is 1.17 bits per heavy atom. The van der Waals surface area contributed by atoms with Crippen molar-refractivity contribution in [2.45, 2.75) is 26.5 Å². The van der Waals surface area contributed by atoms with Crippen molar-refractivity contribution in [1.82, 2.24) is 4.90 Å². The molecule has 1 atom stereocenters.